The zero-order valence-electron chi connectivity index (χ0n) is 8.08. The van der Waals surface area contributed by atoms with Crippen LogP contribution in [0.25, 0.3) is 0 Å². The molecule has 88 valence electrons. The number of aryl methyl sites for hydroxylation is 1. The maximum absolute atomic E-state index is 13.1. The zero-order chi connectivity index (χ0) is 12.1. The van der Waals surface area contributed by atoms with Gasteiger partial charge in [0.05, 0.1) is 0 Å². The van der Waals surface area contributed by atoms with E-state index < -0.39 is 23.9 Å². The van der Waals surface area contributed by atoms with Gasteiger partial charge in [-0.3, -0.25) is 0 Å². The summed E-state index contributed by atoms with van der Waals surface area (Å²) in [5, 5.41) is 16.7. The minimum atomic E-state index is -1.87. The molecule has 0 fully saturated rings. The normalized spacial score (nSPS) is 11.1. The Morgan fingerprint density at radius 1 is 1.12 bits per heavy atom. The van der Waals surface area contributed by atoms with Gasteiger partial charge in [-0.2, -0.15) is 0 Å². The molecule has 0 heterocycles. The van der Waals surface area contributed by atoms with Crippen molar-refractivity contribution >= 4 is 9.76 Å². The van der Waals surface area contributed by atoms with E-state index in [2.05, 4.69) is 4.43 Å². The van der Waals surface area contributed by atoms with Crippen LogP contribution in [0, 0.1) is 17.5 Å². The molecule has 1 aromatic carbocycles. The van der Waals surface area contributed by atoms with Crippen LogP contribution in [0.1, 0.15) is 5.56 Å². The maximum atomic E-state index is 13.1. The highest BCUT2D eigenvalue weighted by atomic mass is 28.2. The number of aliphatic hydroxyl groups excluding tert-OH is 1. The predicted octanol–water partition coefficient (Wildman–Crippen LogP) is 0.969. The van der Waals surface area contributed by atoms with E-state index in [-0.39, 0.29) is 21.7 Å². The molecule has 2 radical (unpaired) electrons. The lowest BCUT2D eigenvalue weighted by atomic mass is 10.1. The fourth-order valence-corrected chi connectivity index (χ4v) is 1.71. The van der Waals surface area contributed by atoms with Crippen molar-refractivity contribution in [3.8, 4) is 0 Å². The van der Waals surface area contributed by atoms with Crippen LogP contribution < -0.4 is 0 Å². The van der Waals surface area contributed by atoms with Gasteiger partial charge in [-0.15, -0.1) is 0 Å². The SMILES string of the molecule is OC(O)O[Si]CCc1cc(F)c(F)cc1F. The summed E-state index contributed by atoms with van der Waals surface area (Å²) in [7, 11) is -0.254. The smallest absolute Gasteiger partial charge is 0.256 e. The Bertz CT molecular complexity index is 360. The minimum absolute atomic E-state index is 0.0300. The molecule has 0 aliphatic rings. The first-order valence-corrected chi connectivity index (χ1v) is 5.50. The molecule has 0 unspecified atom stereocenters. The van der Waals surface area contributed by atoms with E-state index in [0.717, 1.165) is 6.07 Å². The molecule has 2 N–H and O–H groups in total. The summed E-state index contributed by atoms with van der Waals surface area (Å²) in [6.45, 7) is -1.87. The summed E-state index contributed by atoms with van der Waals surface area (Å²) in [5.41, 5.74) is 0.0300. The Morgan fingerprint density at radius 3 is 2.38 bits per heavy atom. The van der Waals surface area contributed by atoms with Crippen molar-refractivity contribution in [2.45, 2.75) is 18.9 Å². The number of hydrogen-bond acceptors (Lipinski definition) is 3. The van der Waals surface area contributed by atoms with Gasteiger partial charge in [0.2, 0.25) is 9.76 Å². The van der Waals surface area contributed by atoms with Gasteiger partial charge < -0.3 is 14.6 Å². The van der Waals surface area contributed by atoms with Crippen molar-refractivity contribution in [3.63, 3.8) is 0 Å². The quantitative estimate of drug-likeness (QED) is 0.354. The highest BCUT2D eigenvalue weighted by Crippen LogP contribution is 2.15. The van der Waals surface area contributed by atoms with Gasteiger partial charge in [-0.25, -0.2) is 13.2 Å². The minimum Gasteiger partial charge on any atom is -0.372 e. The number of aliphatic hydroxyl groups is 2. The van der Waals surface area contributed by atoms with Crippen LogP contribution in [0.3, 0.4) is 0 Å². The summed E-state index contributed by atoms with van der Waals surface area (Å²) in [6, 6.07) is 1.56. The summed E-state index contributed by atoms with van der Waals surface area (Å²) >= 11 is 0. The largest absolute Gasteiger partial charge is 0.372 e. The predicted molar refractivity (Wildman–Crippen MR) is 49.9 cm³/mol. The van der Waals surface area contributed by atoms with Gasteiger partial charge in [0.25, 0.3) is 6.48 Å². The van der Waals surface area contributed by atoms with E-state index in [1.54, 1.807) is 0 Å². The van der Waals surface area contributed by atoms with Gasteiger partial charge >= 0.3 is 0 Å². The third-order valence-electron chi connectivity index (χ3n) is 1.77. The van der Waals surface area contributed by atoms with E-state index in [1.807, 2.05) is 0 Å². The Morgan fingerprint density at radius 2 is 1.75 bits per heavy atom. The van der Waals surface area contributed by atoms with E-state index in [0.29, 0.717) is 12.1 Å². The van der Waals surface area contributed by atoms with Gasteiger partial charge in [-0.1, -0.05) is 0 Å². The van der Waals surface area contributed by atoms with Crippen LogP contribution in [-0.2, 0) is 10.8 Å². The van der Waals surface area contributed by atoms with Crippen LogP contribution in [-0.4, -0.2) is 26.5 Å². The Kier molecular flexibility index (Phi) is 4.94. The third-order valence-corrected chi connectivity index (χ3v) is 2.61. The van der Waals surface area contributed by atoms with Crippen molar-refractivity contribution in [2.24, 2.45) is 0 Å². The Labute approximate surface area is 92.4 Å². The van der Waals surface area contributed by atoms with E-state index in [1.165, 1.54) is 0 Å². The molecule has 0 saturated carbocycles. The lowest BCUT2D eigenvalue weighted by Gasteiger charge is -2.05. The summed E-state index contributed by atoms with van der Waals surface area (Å²) in [6.07, 6.45) is 0.133. The second-order valence-corrected chi connectivity index (χ2v) is 3.97. The molecule has 0 amide bonds. The molecule has 1 aromatic rings. The third kappa shape index (κ3) is 3.93. The molecule has 16 heavy (non-hydrogen) atoms. The average molecular weight is 250 g/mol. The first kappa shape index (κ1) is 13.2. The highest BCUT2D eigenvalue weighted by Gasteiger charge is 2.10. The van der Waals surface area contributed by atoms with Crippen LogP contribution in [0.4, 0.5) is 13.2 Å². The molecule has 0 aliphatic heterocycles. The summed E-state index contributed by atoms with van der Waals surface area (Å²) in [5.74, 6) is -3.16. The summed E-state index contributed by atoms with van der Waals surface area (Å²) < 4.78 is 42.8. The van der Waals surface area contributed by atoms with Gasteiger partial charge in [0, 0.05) is 6.07 Å². The maximum Gasteiger partial charge on any atom is 0.256 e. The molecule has 0 saturated heterocycles. The fourth-order valence-electron chi connectivity index (χ4n) is 1.07. The molecule has 7 heteroatoms. The molecule has 0 aromatic heterocycles. The Balaban J connectivity index is 2.51. The van der Waals surface area contributed by atoms with Crippen molar-refractivity contribution < 1.29 is 27.8 Å². The Hall–Kier alpha value is -0.893. The number of rotatable bonds is 5. The lowest BCUT2D eigenvalue weighted by molar-refractivity contribution is -0.180. The van der Waals surface area contributed by atoms with E-state index in [4.69, 9.17) is 10.2 Å². The van der Waals surface area contributed by atoms with E-state index in [9.17, 15) is 13.2 Å². The molecule has 3 nitrogen and oxygen atoms in total. The van der Waals surface area contributed by atoms with E-state index >= 15 is 0 Å². The first-order valence-electron chi connectivity index (χ1n) is 4.38. The molecular weight excluding hydrogens is 241 g/mol. The molecule has 0 aliphatic carbocycles. The first-order chi connectivity index (χ1) is 7.50. The van der Waals surface area contributed by atoms with Gasteiger partial charge in [0.15, 0.2) is 11.6 Å². The van der Waals surface area contributed by atoms with Gasteiger partial charge in [-0.05, 0) is 24.1 Å². The molecule has 0 bridgehead atoms. The molecular formula is C9H9F3O3Si. The standard InChI is InChI=1S/C9H9F3O3Si/c10-6-4-8(12)7(11)3-5(6)1-2-16-15-9(13)14/h3-4,9,13-14H,1-2H2. The number of hydrogen-bond donors (Lipinski definition) is 2. The van der Waals surface area contributed by atoms with Crippen molar-refractivity contribution in [3.05, 3.63) is 35.1 Å². The molecule has 0 spiro atoms. The van der Waals surface area contributed by atoms with Crippen molar-refractivity contribution in [2.75, 3.05) is 0 Å². The highest BCUT2D eigenvalue weighted by molar-refractivity contribution is 6.27. The lowest BCUT2D eigenvalue weighted by Crippen LogP contribution is -2.13. The topological polar surface area (TPSA) is 49.7 Å². The van der Waals surface area contributed by atoms with Crippen LogP contribution >= 0.6 is 0 Å². The molecule has 0 atom stereocenters. The van der Waals surface area contributed by atoms with Crippen molar-refractivity contribution in [1.82, 2.24) is 0 Å². The zero-order valence-corrected chi connectivity index (χ0v) is 9.08. The van der Waals surface area contributed by atoms with Crippen LogP contribution in [0.2, 0.25) is 6.04 Å². The average Bonchev–Trinajstić information content (AvgIpc) is 2.19. The summed E-state index contributed by atoms with van der Waals surface area (Å²) in [4.78, 5) is 0. The second kappa shape index (κ2) is 5.99. The molecule has 1 rings (SSSR count). The van der Waals surface area contributed by atoms with Crippen molar-refractivity contribution in [1.29, 1.82) is 0 Å². The fraction of sp³-hybridized carbons (Fsp3) is 0.333. The van der Waals surface area contributed by atoms with Crippen LogP contribution in [0.5, 0.6) is 0 Å². The number of halogens is 3. The van der Waals surface area contributed by atoms with Gasteiger partial charge in [0.1, 0.15) is 5.82 Å². The second-order valence-electron chi connectivity index (χ2n) is 2.95. The van der Waals surface area contributed by atoms with Crippen LogP contribution in [0.15, 0.2) is 12.1 Å². The monoisotopic (exact) mass is 250 g/mol. The number of benzene rings is 1.